The first-order chi connectivity index (χ1) is 50.4. The Kier molecular flexibility index (Phi) is 44.5. The smallest absolute Gasteiger partial charge is 0.312 e. The minimum absolute atomic E-state index is 0.0735. The monoisotopic (exact) mass is 1460 g/mol. The van der Waals surface area contributed by atoms with Crippen LogP contribution in [0.1, 0.15) is 385 Å². The van der Waals surface area contributed by atoms with E-state index in [1.807, 2.05) is 101 Å². The molecule has 14 bridgehead atoms. The number of fused-ring (bicyclic) bond motifs is 5. The van der Waals surface area contributed by atoms with Crippen LogP contribution in [-0.2, 0) is 19.1 Å². The predicted octanol–water partition coefficient (Wildman–Crippen LogP) is 31.6. The molecule has 606 valence electrons. The Morgan fingerprint density at radius 2 is 0.810 bits per heavy atom. The molecule has 4 heteroatoms. The first-order valence-electron chi connectivity index (χ1n) is 46.3. The van der Waals surface area contributed by atoms with Gasteiger partial charge in [0.15, 0.2) is 0 Å². The van der Waals surface area contributed by atoms with Gasteiger partial charge in [-0.2, -0.15) is 0 Å². The van der Waals surface area contributed by atoms with Crippen molar-refractivity contribution in [1.29, 1.82) is 0 Å². The van der Waals surface area contributed by atoms with Crippen molar-refractivity contribution in [1.82, 2.24) is 0 Å². The number of hydrogen-bond donors (Lipinski definition) is 0. The van der Waals surface area contributed by atoms with E-state index in [0.717, 1.165) is 99.6 Å². The fraction of sp³-hybridized carbons (Fsp3) is 0.822. The maximum Gasteiger partial charge on any atom is 0.312 e. The van der Waals surface area contributed by atoms with E-state index in [2.05, 4.69) is 171 Å². The van der Waals surface area contributed by atoms with Gasteiger partial charge in [0.2, 0.25) is 0 Å². The molecule has 16 atom stereocenters. The van der Waals surface area contributed by atoms with Gasteiger partial charge in [0.05, 0.1) is 11.3 Å². The number of benzene rings is 3. The standard InChI is InChI=1S/2C12H20.2C10H14O2.C10H8.C8H14.C7H14.C7H8.C6H12.C4H10.C3H8.6C2H6/c1-11-4-9-3-10(5-11)7-12(2,6-9)8-11;1-8-10-3-9-4-11(8)7-12(2,5-9)6-10;1-5-6-3-7-8(5)12-9(11)10(7,2)4-6;1-4-6-3-7-8(4)10(11)12-9(7)5(6)2;1-2-6-10-8-4-3-7-9(10)5-1;1-6-4-7-2-3-8(6)5-7;2*1-7-5-3-2-4-6-7;1-6-4-2-3-5-6;1-3-4-2;1-3-2;6*1-2/h9-10H,3-8H2,1-2H3;8-11H,3-7H2,1-2H3;5-8H,3-4H2,1-2H3;4-9H,3H2,1-2H3;1-8H;6-8H,2-5H2,1H3;7H,2-6H2,1H3;2-6H,1H3;6H,2-5H2,1H3;3-4H2,1-2H3;3H2,1-2H3;6*1-2H3/t;;5-,6?,7?,8?,10-;4-,5+,6?,7?,8?,9?;;6-,7?,8?;;;;;;;;;;;/m..10.1.........../s1. The third kappa shape index (κ3) is 27.3. The average molecular weight is 1460 g/mol. The number of carbonyl (C=O) groups excluding carboxylic acids is 2. The highest BCUT2D eigenvalue weighted by atomic mass is 16.6. The number of rotatable bonds is 1. The molecule has 0 amide bonds. The summed E-state index contributed by atoms with van der Waals surface area (Å²) in [6.45, 7) is 60.7. The molecule has 4 nitrogen and oxygen atoms in total. The number of hydrogen-bond acceptors (Lipinski definition) is 4. The summed E-state index contributed by atoms with van der Waals surface area (Å²) in [5.74, 6) is 17.0. The van der Waals surface area contributed by atoms with Crippen molar-refractivity contribution in [3.05, 3.63) is 84.4 Å². The third-order valence-corrected chi connectivity index (χ3v) is 28.2. The van der Waals surface area contributed by atoms with Gasteiger partial charge in [0, 0.05) is 11.8 Å². The van der Waals surface area contributed by atoms with Crippen molar-refractivity contribution < 1.29 is 19.1 Å². The van der Waals surface area contributed by atoms with Gasteiger partial charge in [-0.3, -0.25) is 9.59 Å². The lowest BCUT2D eigenvalue weighted by Gasteiger charge is -2.60. The quantitative estimate of drug-likeness (QED) is 0.228. The fourth-order valence-corrected chi connectivity index (χ4v) is 23.9. The van der Waals surface area contributed by atoms with Crippen molar-refractivity contribution >= 4 is 22.7 Å². The first kappa shape index (κ1) is 96.1. The van der Waals surface area contributed by atoms with Crippen LogP contribution in [0, 0.1) is 141 Å². The van der Waals surface area contributed by atoms with Gasteiger partial charge in [-0.15, -0.1) is 0 Å². The zero-order chi connectivity index (χ0) is 78.8. The second kappa shape index (κ2) is 48.6. The Labute approximate surface area is 655 Å². The summed E-state index contributed by atoms with van der Waals surface area (Å²) in [4.78, 5) is 23.0. The molecule has 2 saturated heterocycles. The molecule has 18 aliphatic rings. The Hall–Kier alpha value is -3.14. The predicted molar refractivity (Wildman–Crippen MR) is 463 cm³/mol. The maximum absolute atomic E-state index is 11.5. The van der Waals surface area contributed by atoms with Crippen LogP contribution in [0.5, 0.6) is 0 Å². The van der Waals surface area contributed by atoms with Crippen molar-refractivity contribution in [2.75, 3.05) is 0 Å². The van der Waals surface area contributed by atoms with Crippen molar-refractivity contribution in [3.8, 4) is 0 Å². The van der Waals surface area contributed by atoms with Crippen LogP contribution in [0.4, 0.5) is 0 Å². The zero-order valence-corrected chi connectivity index (χ0v) is 75.0. The molecule has 0 spiro atoms. The normalized spacial score (nSPS) is 37.7. The van der Waals surface area contributed by atoms with E-state index in [1.165, 1.54) is 113 Å². The minimum Gasteiger partial charge on any atom is -0.462 e. The van der Waals surface area contributed by atoms with Crippen LogP contribution in [0.2, 0.25) is 0 Å². The van der Waals surface area contributed by atoms with Gasteiger partial charge in [0.25, 0.3) is 0 Å². The van der Waals surface area contributed by atoms with E-state index in [0.29, 0.717) is 29.6 Å². The van der Waals surface area contributed by atoms with Crippen LogP contribution in [0.3, 0.4) is 0 Å². The molecular formula is C101H178O4. The Morgan fingerprint density at radius 1 is 0.381 bits per heavy atom. The van der Waals surface area contributed by atoms with Crippen LogP contribution in [0.25, 0.3) is 10.8 Å². The molecule has 0 aromatic heterocycles. The zero-order valence-electron chi connectivity index (χ0n) is 75.0. The number of aryl methyl sites for hydroxylation is 1. The Balaban J connectivity index is 0.000000300. The fourth-order valence-electron chi connectivity index (χ4n) is 23.9. The summed E-state index contributed by atoms with van der Waals surface area (Å²) >= 11 is 0. The van der Waals surface area contributed by atoms with Gasteiger partial charge in [-0.1, -0.05) is 348 Å². The highest BCUT2D eigenvalue weighted by molar-refractivity contribution is 5.82. The highest BCUT2D eigenvalue weighted by Crippen LogP contribution is 2.66. The molecule has 2 aliphatic heterocycles. The van der Waals surface area contributed by atoms with E-state index < -0.39 is 0 Å². The van der Waals surface area contributed by atoms with Crippen LogP contribution in [-0.4, -0.2) is 24.1 Å². The van der Waals surface area contributed by atoms with Crippen molar-refractivity contribution in [2.24, 2.45) is 134 Å². The lowest BCUT2D eigenvalue weighted by atomic mass is 9.45. The van der Waals surface area contributed by atoms with Crippen LogP contribution >= 0.6 is 0 Å². The summed E-state index contributed by atoms with van der Waals surface area (Å²) in [6.07, 6.45) is 44.7. The molecule has 2 heterocycles. The molecule has 18 fully saturated rings. The summed E-state index contributed by atoms with van der Waals surface area (Å²) in [6, 6.07) is 27.0. The number of ether oxygens (including phenoxy) is 2. The molecule has 105 heavy (non-hydrogen) atoms. The number of unbranched alkanes of at least 4 members (excludes halogenated alkanes) is 1. The third-order valence-electron chi connectivity index (χ3n) is 28.2. The average Bonchev–Trinajstić information content (AvgIpc) is 1.58. The molecule has 11 unspecified atom stereocenters. The lowest BCUT2D eigenvalue weighted by Crippen LogP contribution is -2.49. The van der Waals surface area contributed by atoms with E-state index >= 15 is 0 Å². The van der Waals surface area contributed by atoms with E-state index in [1.54, 1.807) is 89.9 Å². The molecule has 21 rings (SSSR count). The Bertz CT molecular complexity index is 2610. The molecule has 0 radical (unpaired) electrons. The second-order valence-corrected chi connectivity index (χ2v) is 36.9. The van der Waals surface area contributed by atoms with Crippen LogP contribution < -0.4 is 0 Å². The summed E-state index contributed by atoms with van der Waals surface area (Å²) in [5.41, 5.74) is 3.53. The van der Waals surface area contributed by atoms with Gasteiger partial charge < -0.3 is 9.47 Å². The van der Waals surface area contributed by atoms with Gasteiger partial charge in [-0.05, 0) is 245 Å². The maximum atomic E-state index is 11.5. The molecule has 3 aromatic rings. The van der Waals surface area contributed by atoms with Crippen molar-refractivity contribution in [2.45, 2.75) is 399 Å². The molecule has 16 saturated carbocycles. The highest BCUT2D eigenvalue weighted by Gasteiger charge is 2.67. The largest absolute Gasteiger partial charge is 0.462 e. The topological polar surface area (TPSA) is 52.6 Å². The minimum atomic E-state index is -0.0954. The lowest BCUT2D eigenvalue weighted by molar-refractivity contribution is -0.147. The summed E-state index contributed by atoms with van der Waals surface area (Å²) in [5, 5.41) is 2.62. The number of carbonyl (C=O) groups is 2. The van der Waals surface area contributed by atoms with Crippen molar-refractivity contribution in [3.63, 3.8) is 0 Å². The van der Waals surface area contributed by atoms with Gasteiger partial charge >= 0.3 is 11.9 Å². The SMILES string of the molecule is CC.CC.CC.CC.CC.CC.CC12CC3CC(C1)CC(C)(C3)C2.CC1C2CC3CC1CC(C)(C3)C2.CC1CCCC1.CC1CCCCC1.CCC.CCCC.C[C@@H]1C2C(=O)OC3C2CC1[C@H]3C.C[C@@H]1C2CC3C1OC(=O)[C@]3(C)C2.C[C@@H]1CC2CCC1C2.Cc1ccccc1.c1ccc2ccccc2c1. The Morgan fingerprint density at radius 3 is 1.13 bits per heavy atom. The summed E-state index contributed by atoms with van der Waals surface area (Å²) < 4.78 is 10.8. The van der Waals surface area contributed by atoms with E-state index in [-0.39, 0.29) is 35.5 Å². The molecule has 16 aliphatic carbocycles. The van der Waals surface area contributed by atoms with Gasteiger partial charge in [-0.25, -0.2) is 0 Å². The first-order valence-corrected chi connectivity index (χ1v) is 46.3. The number of esters is 2. The van der Waals surface area contributed by atoms with E-state index in [9.17, 15) is 9.59 Å². The molecule has 0 N–H and O–H groups in total. The van der Waals surface area contributed by atoms with Gasteiger partial charge in [0.1, 0.15) is 12.2 Å². The second-order valence-electron chi connectivity index (χ2n) is 36.9. The molecular weight excluding hydrogens is 1280 g/mol. The molecule has 3 aromatic carbocycles. The van der Waals surface area contributed by atoms with Crippen LogP contribution in [0.15, 0.2) is 78.9 Å². The van der Waals surface area contributed by atoms with E-state index in [4.69, 9.17) is 9.47 Å². The summed E-state index contributed by atoms with van der Waals surface area (Å²) in [7, 11) is 0.